The molecule has 0 fully saturated rings. The van der Waals surface area contributed by atoms with Crippen LogP contribution in [0.15, 0.2) is 23.0 Å². The summed E-state index contributed by atoms with van der Waals surface area (Å²) in [6.07, 6.45) is 0. The number of hydrogen-bond acceptors (Lipinski definition) is 10. The second kappa shape index (κ2) is 8.15. The maximum atomic E-state index is 13.8. The number of Topliss-reactive ketones (excluding diaryl/α,β-unsaturated/α-hetero) is 1. The highest BCUT2D eigenvalue weighted by molar-refractivity contribution is 6.38. The number of benzene rings is 4. The highest BCUT2D eigenvalue weighted by atomic mass is 16.5. The van der Waals surface area contributed by atoms with E-state index in [-0.39, 0.29) is 72.2 Å². The van der Waals surface area contributed by atoms with Gasteiger partial charge >= 0.3 is 0 Å². The minimum Gasteiger partial charge on any atom is -0.504 e. The largest absolute Gasteiger partial charge is 0.504 e. The predicted octanol–water partition coefficient (Wildman–Crippen LogP) is 4.14. The van der Waals surface area contributed by atoms with E-state index in [2.05, 4.69) is 0 Å². The van der Waals surface area contributed by atoms with Crippen molar-refractivity contribution in [2.24, 2.45) is 0 Å². The molecule has 2 unspecified atom stereocenters. The molecule has 0 amide bonds. The lowest BCUT2D eigenvalue weighted by Crippen LogP contribution is -2.37. The number of rotatable bonds is 5. The van der Waals surface area contributed by atoms with Gasteiger partial charge in [-0.05, 0) is 36.9 Å². The minimum absolute atomic E-state index is 0.0244. The number of phenolic OH excluding ortho intramolecular Hbond substituents is 1. The first-order chi connectivity index (χ1) is 19.0. The second-order valence-electron chi connectivity index (χ2n) is 10.1. The van der Waals surface area contributed by atoms with Gasteiger partial charge in [-0.15, -0.1) is 0 Å². The predicted molar refractivity (Wildman–Crippen MR) is 148 cm³/mol. The molecular weight excluding hydrogens is 520 g/mol. The van der Waals surface area contributed by atoms with Crippen LogP contribution in [0.25, 0.3) is 43.1 Å². The normalized spacial score (nSPS) is 18.2. The van der Waals surface area contributed by atoms with Gasteiger partial charge in [0.1, 0.15) is 22.9 Å². The summed E-state index contributed by atoms with van der Waals surface area (Å²) in [5.41, 5.74) is -2.14. The summed E-state index contributed by atoms with van der Waals surface area (Å²) < 4.78 is 22.3. The maximum Gasteiger partial charge on any atom is 0.201 e. The molecule has 0 aliphatic heterocycles. The van der Waals surface area contributed by atoms with E-state index in [1.165, 1.54) is 60.5 Å². The van der Waals surface area contributed by atoms with Crippen molar-refractivity contribution in [2.75, 3.05) is 28.4 Å². The number of carbonyl (C=O) groups excluding carboxylic acids is 1. The third-order valence-electron chi connectivity index (χ3n) is 8.19. The van der Waals surface area contributed by atoms with Gasteiger partial charge in [-0.3, -0.25) is 9.59 Å². The SMILES string of the molecule is COc1cc2c3c(c1O)c1c(=O)cc(OC)c4c(OC)cc5c(O)c(O)c(OC)c(c3c5c41)C(C(C)=O)C2(C)O. The van der Waals surface area contributed by atoms with Crippen molar-refractivity contribution in [3.8, 4) is 40.2 Å². The van der Waals surface area contributed by atoms with Crippen LogP contribution in [0.4, 0.5) is 0 Å². The van der Waals surface area contributed by atoms with Crippen LogP contribution in [-0.2, 0) is 10.4 Å². The van der Waals surface area contributed by atoms with E-state index in [0.29, 0.717) is 10.8 Å². The van der Waals surface area contributed by atoms with Gasteiger partial charge in [-0.25, -0.2) is 0 Å². The molecule has 1 aliphatic rings. The summed E-state index contributed by atoms with van der Waals surface area (Å²) in [5.74, 6) is -3.25. The van der Waals surface area contributed by atoms with Crippen LogP contribution in [0, 0.1) is 0 Å². The van der Waals surface area contributed by atoms with Gasteiger partial charge < -0.3 is 39.4 Å². The molecule has 2 atom stereocenters. The van der Waals surface area contributed by atoms with Crippen LogP contribution in [0.1, 0.15) is 30.9 Å². The van der Waals surface area contributed by atoms with Gasteiger partial charge in [-0.2, -0.15) is 0 Å². The second-order valence-corrected chi connectivity index (χ2v) is 10.1. The first-order valence-corrected chi connectivity index (χ1v) is 12.4. The van der Waals surface area contributed by atoms with Crippen molar-refractivity contribution in [3.05, 3.63) is 39.5 Å². The van der Waals surface area contributed by atoms with E-state index in [1.54, 1.807) is 0 Å². The van der Waals surface area contributed by atoms with Crippen molar-refractivity contribution in [2.45, 2.75) is 25.4 Å². The van der Waals surface area contributed by atoms with Gasteiger partial charge in [0.2, 0.25) is 5.75 Å². The molecule has 5 aromatic carbocycles. The van der Waals surface area contributed by atoms with E-state index < -0.39 is 34.2 Å². The van der Waals surface area contributed by atoms with E-state index in [1.807, 2.05) is 0 Å². The van der Waals surface area contributed by atoms with Gasteiger partial charge in [0.05, 0.1) is 39.7 Å². The number of carbonyl (C=O) groups is 1. The summed E-state index contributed by atoms with van der Waals surface area (Å²) in [4.78, 5) is 27.1. The number of aliphatic hydroxyl groups is 1. The fourth-order valence-corrected chi connectivity index (χ4v) is 6.65. The van der Waals surface area contributed by atoms with Crippen molar-refractivity contribution in [1.29, 1.82) is 0 Å². The first kappa shape index (κ1) is 25.6. The molecule has 40 heavy (non-hydrogen) atoms. The molecular formula is C30H26O10. The molecule has 4 N–H and O–H groups in total. The Balaban J connectivity index is 2.21. The molecule has 1 aliphatic carbocycles. The van der Waals surface area contributed by atoms with Gasteiger partial charge in [0.15, 0.2) is 28.4 Å². The summed E-state index contributed by atoms with van der Waals surface area (Å²) >= 11 is 0. The fraction of sp³-hybridized carbons (Fsp3) is 0.267. The van der Waals surface area contributed by atoms with Crippen LogP contribution in [0.3, 0.4) is 0 Å². The van der Waals surface area contributed by atoms with Gasteiger partial charge in [0.25, 0.3) is 0 Å². The van der Waals surface area contributed by atoms with Crippen molar-refractivity contribution in [1.82, 2.24) is 0 Å². The average molecular weight is 547 g/mol. The third-order valence-corrected chi connectivity index (χ3v) is 8.19. The van der Waals surface area contributed by atoms with Crippen LogP contribution in [0.2, 0.25) is 0 Å². The summed E-state index contributed by atoms with van der Waals surface area (Å²) in [5, 5.41) is 47.9. The topological polar surface area (TPSA) is 152 Å². The molecule has 0 bridgehead atoms. The van der Waals surface area contributed by atoms with Crippen molar-refractivity contribution < 1.29 is 44.2 Å². The lowest BCUT2D eigenvalue weighted by molar-refractivity contribution is -0.124. The molecule has 10 nitrogen and oxygen atoms in total. The lowest BCUT2D eigenvalue weighted by atomic mass is 9.68. The number of methoxy groups -OCH3 is 4. The lowest BCUT2D eigenvalue weighted by Gasteiger charge is -2.38. The molecule has 6 rings (SSSR count). The molecule has 0 saturated heterocycles. The summed E-state index contributed by atoms with van der Waals surface area (Å²) in [6, 6.07) is 4.19. The molecule has 0 spiro atoms. The number of phenols is 1. The average Bonchev–Trinajstić information content (AvgIpc) is 3.00. The molecule has 206 valence electrons. The van der Waals surface area contributed by atoms with E-state index >= 15 is 0 Å². The zero-order valence-electron chi connectivity index (χ0n) is 22.5. The highest BCUT2D eigenvalue weighted by Gasteiger charge is 2.48. The number of fused-ring (bicyclic) bond motifs is 1. The van der Waals surface area contributed by atoms with E-state index in [9.17, 15) is 30.0 Å². The number of ether oxygens (including phenoxy) is 4. The van der Waals surface area contributed by atoms with E-state index in [0.717, 1.165) is 0 Å². The molecule has 0 saturated carbocycles. The number of ketones is 1. The quantitative estimate of drug-likeness (QED) is 0.187. The summed E-state index contributed by atoms with van der Waals surface area (Å²) in [7, 11) is 5.40. The van der Waals surface area contributed by atoms with Crippen molar-refractivity contribution >= 4 is 48.9 Å². The molecule has 10 heteroatoms. The van der Waals surface area contributed by atoms with Gasteiger partial charge in [-0.1, -0.05) is 0 Å². The van der Waals surface area contributed by atoms with Gasteiger partial charge in [0, 0.05) is 43.9 Å². The number of aromatic hydroxyl groups is 3. The maximum absolute atomic E-state index is 13.8. The minimum atomic E-state index is -1.92. The fourth-order valence-electron chi connectivity index (χ4n) is 6.65. The zero-order valence-corrected chi connectivity index (χ0v) is 22.5. The molecule has 5 aromatic rings. The Labute approximate surface area is 226 Å². The molecule has 0 heterocycles. The monoisotopic (exact) mass is 546 g/mol. The smallest absolute Gasteiger partial charge is 0.201 e. The Hall–Kier alpha value is -4.70. The van der Waals surface area contributed by atoms with Crippen LogP contribution < -0.4 is 24.4 Å². The van der Waals surface area contributed by atoms with E-state index in [4.69, 9.17) is 18.9 Å². The van der Waals surface area contributed by atoms with Crippen LogP contribution in [0.5, 0.6) is 40.2 Å². The number of hydrogen-bond donors (Lipinski definition) is 4. The standard InChI is InChI=1S/C30H26O10/c1-10(31)25-24-21-17-11(26(33)28(35)29(24)40-6)7-14(37-3)20-15(38-4)9-13(32)19(22(17)20)23-18(21)12(30(25,2)36)8-16(39-5)27(23)34/h7-9,25,33-36H,1-6H3. The van der Waals surface area contributed by atoms with Crippen LogP contribution in [-0.4, -0.2) is 54.6 Å². The third kappa shape index (κ3) is 2.80. The Morgan fingerprint density at radius 2 is 1.35 bits per heavy atom. The summed E-state index contributed by atoms with van der Waals surface area (Å²) in [6.45, 7) is 2.73. The Morgan fingerprint density at radius 1 is 0.725 bits per heavy atom. The van der Waals surface area contributed by atoms with Crippen LogP contribution >= 0.6 is 0 Å². The zero-order chi connectivity index (χ0) is 29.0. The first-order valence-electron chi connectivity index (χ1n) is 12.4. The Morgan fingerprint density at radius 3 is 1.93 bits per heavy atom. The van der Waals surface area contributed by atoms with Crippen molar-refractivity contribution in [3.63, 3.8) is 0 Å². The highest BCUT2D eigenvalue weighted by Crippen LogP contribution is 2.61. The molecule has 0 aromatic heterocycles. The Kier molecular flexibility index (Phi) is 5.21. The molecule has 0 radical (unpaired) electrons. The Bertz CT molecular complexity index is 2010.